The van der Waals surface area contributed by atoms with Gasteiger partial charge in [0.15, 0.2) is 9.84 Å². The van der Waals surface area contributed by atoms with Crippen molar-refractivity contribution in [3.63, 3.8) is 0 Å². The van der Waals surface area contributed by atoms with E-state index in [4.69, 9.17) is 4.74 Å². The molecule has 0 saturated carbocycles. The van der Waals surface area contributed by atoms with Gasteiger partial charge in [-0.25, -0.2) is 13.2 Å². The van der Waals surface area contributed by atoms with Crippen LogP contribution in [0.15, 0.2) is 0 Å². The van der Waals surface area contributed by atoms with Crippen LogP contribution in [0.3, 0.4) is 0 Å². The normalized spacial score (nSPS) is 22.8. The van der Waals surface area contributed by atoms with Gasteiger partial charge in [0.05, 0.1) is 11.5 Å². The molecule has 1 aliphatic heterocycles. The van der Waals surface area contributed by atoms with E-state index in [9.17, 15) is 13.2 Å². The summed E-state index contributed by atoms with van der Waals surface area (Å²) in [6, 6.07) is 0.0628. The van der Waals surface area contributed by atoms with E-state index < -0.39 is 21.5 Å². The Morgan fingerprint density at radius 2 is 2.05 bits per heavy atom. The summed E-state index contributed by atoms with van der Waals surface area (Å²) in [7, 11) is -2.89. The summed E-state index contributed by atoms with van der Waals surface area (Å²) < 4.78 is 28.1. The first-order chi connectivity index (χ1) is 9.61. The standard InChI is InChI=1S/C14H28N2O4S/c1-5-6-11(9-15-13(17)20-14(2,3)4)16-12-7-8-21(18,19)10-12/h11-12,16H,5-10H2,1-4H3,(H,15,17). The highest BCUT2D eigenvalue weighted by Gasteiger charge is 2.29. The Hall–Kier alpha value is -0.820. The Morgan fingerprint density at radius 1 is 1.38 bits per heavy atom. The summed E-state index contributed by atoms with van der Waals surface area (Å²) in [5.41, 5.74) is -0.517. The van der Waals surface area contributed by atoms with E-state index in [0.717, 1.165) is 12.8 Å². The molecule has 1 fully saturated rings. The van der Waals surface area contributed by atoms with Gasteiger partial charge in [0.2, 0.25) is 0 Å². The molecular weight excluding hydrogens is 292 g/mol. The number of carbonyl (C=O) groups excluding carboxylic acids is 1. The van der Waals surface area contributed by atoms with E-state index in [2.05, 4.69) is 17.6 Å². The highest BCUT2D eigenvalue weighted by molar-refractivity contribution is 7.91. The second-order valence-electron chi connectivity index (χ2n) is 6.64. The molecule has 2 N–H and O–H groups in total. The highest BCUT2D eigenvalue weighted by atomic mass is 32.2. The number of nitrogens with one attached hydrogen (secondary N) is 2. The monoisotopic (exact) mass is 320 g/mol. The average Bonchev–Trinajstić information content (AvgIpc) is 2.64. The zero-order valence-electron chi connectivity index (χ0n) is 13.4. The van der Waals surface area contributed by atoms with Crippen LogP contribution in [0.2, 0.25) is 0 Å². The molecule has 1 heterocycles. The Balaban J connectivity index is 2.41. The van der Waals surface area contributed by atoms with Crippen LogP contribution in [-0.2, 0) is 14.6 Å². The first-order valence-electron chi connectivity index (χ1n) is 7.54. The molecule has 21 heavy (non-hydrogen) atoms. The van der Waals surface area contributed by atoms with Crippen LogP contribution in [-0.4, -0.2) is 50.2 Å². The summed E-state index contributed by atoms with van der Waals surface area (Å²) in [4.78, 5) is 11.7. The largest absolute Gasteiger partial charge is 0.444 e. The molecular formula is C14H28N2O4S. The van der Waals surface area contributed by atoms with Gasteiger partial charge >= 0.3 is 6.09 Å². The molecule has 2 atom stereocenters. The number of hydrogen-bond acceptors (Lipinski definition) is 5. The van der Waals surface area contributed by atoms with Crippen LogP contribution in [0.4, 0.5) is 4.79 Å². The molecule has 0 aliphatic carbocycles. The molecule has 1 rings (SSSR count). The van der Waals surface area contributed by atoms with Gasteiger partial charge < -0.3 is 15.4 Å². The van der Waals surface area contributed by atoms with Gasteiger partial charge in [0, 0.05) is 18.6 Å². The quantitative estimate of drug-likeness (QED) is 0.774. The third-order valence-corrected chi connectivity index (χ3v) is 5.00. The summed E-state index contributed by atoms with van der Waals surface area (Å²) in [6.45, 7) is 7.96. The minimum Gasteiger partial charge on any atom is -0.444 e. The van der Waals surface area contributed by atoms with Gasteiger partial charge in [0.25, 0.3) is 0 Å². The smallest absolute Gasteiger partial charge is 0.407 e. The van der Waals surface area contributed by atoms with Crippen molar-refractivity contribution < 1.29 is 17.9 Å². The van der Waals surface area contributed by atoms with Crippen molar-refractivity contribution in [2.45, 2.75) is 64.6 Å². The van der Waals surface area contributed by atoms with E-state index in [1.807, 2.05) is 20.8 Å². The molecule has 124 valence electrons. The Kier molecular flexibility index (Phi) is 6.46. The first kappa shape index (κ1) is 18.2. The van der Waals surface area contributed by atoms with Crippen molar-refractivity contribution >= 4 is 15.9 Å². The van der Waals surface area contributed by atoms with Crippen molar-refractivity contribution in [1.82, 2.24) is 10.6 Å². The molecule has 7 heteroatoms. The maximum absolute atomic E-state index is 11.7. The molecule has 2 unspecified atom stereocenters. The lowest BCUT2D eigenvalue weighted by Crippen LogP contribution is -2.46. The Labute approximate surface area is 127 Å². The Morgan fingerprint density at radius 3 is 2.52 bits per heavy atom. The molecule has 1 saturated heterocycles. The van der Waals surface area contributed by atoms with Crippen LogP contribution in [0.5, 0.6) is 0 Å². The predicted octanol–water partition coefficient (Wildman–Crippen LogP) is 1.46. The second-order valence-corrected chi connectivity index (χ2v) is 8.86. The highest BCUT2D eigenvalue weighted by Crippen LogP contribution is 2.13. The molecule has 0 bridgehead atoms. The van der Waals surface area contributed by atoms with Gasteiger partial charge in [-0.3, -0.25) is 0 Å². The Bertz CT molecular complexity index is 442. The third-order valence-electron chi connectivity index (χ3n) is 3.23. The molecule has 1 amide bonds. The SMILES string of the molecule is CCCC(CNC(=O)OC(C)(C)C)NC1CCS(=O)(=O)C1. The van der Waals surface area contributed by atoms with Crippen LogP contribution >= 0.6 is 0 Å². The van der Waals surface area contributed by atoms with Crippen LogP contribution in [0.1, 0.15) is 47.0 Å². The molecule has 0 radical (unpaired) electrons. The molecule has 0 aromatic rings. The fraction of sp³-hybridized carbons (Fsp3) is 0.929. The van der Waals surface area contributed by atoms with Gasteiger partial charge in [0.1, 0.15) is 5.60 Å². The van der Waals surface area contributed by atoms with Crippen LogP contribution < -0.4 is 10.6 Å². The average molecular weight is 320 g/mol. The van der Waals surface area contributed by atoms with Crippen LogP contribution in [0.25, 0.3) is 0 Å². The minimum absolute atomic E-state index is 0.00742. The topological polar surface area (TPSA) is 84.5 Å². The van der Waals surface area contributed by atoms with Crippen LogP contribution in [0, 0.1) is 0 Å². The maximum Gasteiger partial charge on any atom is 0.407 e. The number of carbonyl (C=O) groups is 1. The number of hydrogen-bond donors (Lipinski definition) is 2. The lowest BCUT2D eigenvalue weighted by atomic mass is 10.1. The molecule has 6 nitrogen and oxygen atoms in total. The zero-order valence-corrected chi connectivity index (χ0v) is 14.3. The van der Waals surface area contributed by atoms with Gasteiger partial charge in [-0.15, -0.1) is 0 Å². The van der Waals surface area contributed by atoms with Crippen molar-refractivity contribution in [3.8, 4) is 0 Å². The zero-order chi connectivity index (χ0) is 16.1. The molecule has 1 aliphatic rings. The number of rotatable bonds is 6. The summed E-state index contributed by atoms with van der Waals surface area (Å²) in [5.74, 6) is 0.447. The van der Waals surface area contributed by atoms with E-state index in [1.54, 1.807) is 0 Å². The first-order valence-corrected chi connectivity index (χ1v) is 9.37. The third kappa shape index (κ3) is 7.66. The van der Waals surface area contributed by atoms with E-state index in [-0.39, 0.29) is 23.6 Å². The number of amides is 1. The van der Waals surface area contributed by atoms with Gasteiger partial charge in [-0.2, -0.15) is 0 Å². The number of ether oxygens (including phenoxy) is 1. The second kappa shape index (κ2) is 7.45. The fourth-order valence-electron chi connectivity index (χ4n) is 2.37. The van der Waals surface area contributed by atoms with Crippen molar-refractivity contribution in [2.75, 3.05) is 18.1 Å². The lowest BCUT2D eigenvalue weighted by molar-refractivity contribution is 0.0521. The van der Waals surface area contributed by atoms with Gasteiger partial charge in [-0.05, 0) is 33.6 Å². The molecule has 0 aromatic carbocycles. The number of sulfone groups is 1. The summed E-state index contributed by atoms with van der Waals surface area (Å²) in [5, 5.41) is 6.09. The van der Waals surface area contributed by atoms with Gasteiger partial charge in [-0.1, -0.05) is 13.3 Å². The number of alkyl carbamates (subject to hydrolysis) is 1. The summed E-state index contributed by atoms with van der Waals surface area (Å²) >= 11 is 0. The predicted molar refractivity (Wildman–Crippen MR) is 83.1 cm³/mol. The lowest BCUT2D eigenvalue weighted by Gasteiger charge is -2.24. The molecule has 0 aromatic heterocycles. The van der Waals surface area contributed by atoms with E-state index in [1.165, 1.54) is 0 Å². The maximum atomic E-state index is 11.7. The minimum atomic E-state index is -2.89. The summed E-state index contributed by atoms with van der Waals surface area (Å²) in [6.07, 6.45) is 2.05. The van der Waals surface area contributed by atoms with Crippen molar-refractivity contribution in [3.05, 3.63) is 0 Å². The van der Waals surface area contributed by atoms with Crippen molar-refractivity contribution in [1.29, 1.82) is 0 Å². The molecule has 0 spiro atoms. The van der Waals surface area contributed by atoms with E-state index >= 15 is 0 Å². The van der Waals surface area contributed by atoms with E-state index in [0.29, 0.717) is 13.0 Å². The van der Waals surface area contributed by atoms with Crippen molar-refractivity contribution in [2.24, 2.45) is 0 Å². The fourth-order valence-corrected chi connectivity index (χ4v) is 4.06.